The van der Waals surface area contributed by atoms with Gasteiger partial charge in [-0.05, 0) is 65.7 Å². The minimum atomic E-state index is 0.318. The van der Waals surface area contributed by atoms with Crippen molar-refractivity contribution in [2.75, 3.05) is 7.11 Å². The van der Waals surface area contributed by atoms with E-state index >= 15 is 0 Å². The molecule has 2 bridgehead atoms. The van der Waals surface area contributed by atoms with Crippen molar-refractivity contribution in [2.45, 2.75) is 46.0 Å². The van der Waals surface area contributed by atoms with Crippen LogP contribution in [0.5, 0.6) is 5.75 Å². The van der Waals surface area contributed by atoms with Crippen molar-refractivity contribution in [3.8, 4) is 11.8 Å². The van der Waals surface area contributed by atoms with Crippen LogP contribution in [0.1, 0.15) is 57.1 Å². The van der Waals surface area contributed by atoms with Crippen LogP contribution in [-0.4, -0.2) is 7.11 Å². The largest absolute Gasteiger partial charge is 0.496 e. The van der Waals surface area contributed by atoms with Gasteiger partial charge in [-0.15, -0.1) is 0 Å². The van der Waals surface area contributed by atoms with Crippen LogP contribution in [0.25, 0.3) is 0 Å². The molecule has 0 N–H and O–H groups in total. The zero-order chi connectivity index (χ0) is 14.5. The van der Waals surface area contributed by atoms with Gasteiger partial charge in [0.15, 0.2) is 0 Å². The Morgan fingerprint density at radius 2 is 2.05 bits per heavy atom. The summed E-state index contributed by atoms with van der Waals surface area (Å²) >= 11 is 0. The van der Waals surface area contributed by atoms with Gasteiger partial charge in [-0.2, -0.15) is 5.26 Å². The van der Waals surface area contributed by atoms with E-state index in [4.69, 9.17) is 4.74 Å². The van der Waals surface area contributed by atoms with Gasteiger partial charge >= 0.3 is 0 Å². The molecule has 3 rings (SSSR count). The van der Waals surface area contributed by atoms with E-state index in [1.165, 1.54) is 24.8 Å². The number of hydrogen-bond acceptors (Lipinski definition) is 2. The molecule has 0 heterocycles. The minimum Gasteiger partial charge on any atom is -0.496 e. The van der Waals surface area contributed by atoms with Crippen molar-refractivity contribution >= 4 is 0 Å². The number of nitrogens with zero attached hydrogens (tertiary/aromatic N) is 1. The van der Waals surface area contributed by atoms with Gasteiger partial charge in [0, 0.05) is 0 Å². The summed E-state index contributed by atoms with van der Waals surface area (Å²) in [6.07, 6.45) is 3.87. The number of ether oxygens (including phenoxy) is 1. The van der Waals surface area contributed by atoms with Crippen LogP contribution in [-0.2, 0) is 0 Å². The van der Waals surface area contributed by atoms with Crippen molar-refractivity contribution in [3.63, 3.8) is 0 Å². The van der Waals surface area contributed by atoms with Gasteiger partial charge in [0.2, 0.25) is 0 Å². The number of methoxy groups -OCH3 is 1. The first-order chi connectivity index (χ1) is 9.44. The smallest absolute Gasteiger partial charge is 0.122 e. The number of nitriles is 1. The lowest BCUT2D eigenvalue weighted by molar-refractivity contribution is 0.133. The lowest BCUT2D eigenvalue weighted by atomic mass is 9.65. The van der Waals surface area contributed by atoms with E-state index in [2.05, 4.69) is 26.8 Å². The molecule has 0 spiro atoms. The second kappa shape index (κ2) is 4.25. The molecule has 2 aliphatic carbocycles. The molecular formula is C18H23NO. The maximum Gasteiger partial charge on any atom is 0.122 e. The van der Waals surface area contributed by atoms with E-state index < -0.39 is 0 Å². The van der Waals surface area contributed by atoms with Crippen LogP contribution in [0.2, 0.25) is 0 Å². The Kier molecular flexibility index (Phi) is 2.87. The second-order valence-electron chi connectivity index (χ2n) is 7.23. The summed E-state index contributed by atoms with van der Waals surface area (Å²) in [5.41, 5.74) is 2.68. The standard InChI is InChI=1S/C18H23NO/c1-17(2)13-7-8-18(17,3)15(10-13)14-9-12(11-19)5-6-16(14)20-4/h5-6,9,13,15H,7-8,10H2,1-4H3. The molecule has 0 saturated heterocycles. The van der Waals surface area contributed by atoms with Gasteiger partial charge in [0.1, 0.15) is 5.75 Å². The summed E-state index contributed by atoms with van der Waals surface area (Å²) in [6, 6.07) is 8.12. The van der Waals surface area contributed by atoms with Gasteiger partial charge in [-0.1, -0.05) is 20.8 Å². The first-order valence-corrected chi connectivity index (χ1v) is 7.52. The maximum atomic E-state index is 9.18. The van der Waals surface area contributed by atoms with Gasteiger partial charge in [-0.3, -0.25) is 0 Å². The maximum absolute atomic E-state index is 9.18. The van der Waals surface area contributed by atoms with Crippen molar-refractivity contribution in [1.82, 2.24) is 0 Å². The van der Waals surface area contributed by atoms with Crippen molar-refractivity contribution < 1.29 is 4.74 Å². The van der Waals surface area contributed by atoms with E-state index in [1.54, 1.807) is 7.11 Å². The topological polar surface area (TPSA) is 33.0 Å². The fourth-order valence-electron chi connectivity index (χ4n) is 4.75. The van der Waals surface area contributed by atoms with Gasteiger partial charge in [0.05, 0.1) is 18.7 Å². The zero-order valence-corrected chi connectivity index (χ0v) is 12.9. The molecule has 2 saturated carbocycles. The van der Waals surface area contributed by atoms with Crippen LogP contribution in [0.4, 0.5) is 0 Å². The van der Waals surface area contributed by atoms with E-state index in [1.807, 2.05) is 18.2 Å². The van der Waals surface area contributed by atoms with Crippen molar-refractivity contribution in [2.24, 2.45) is 16.7 Å². The normalized spacial score (nSPS) is 34.0. The molecular weight excluding hydrogens is 246 g/mol. The molecule has 1 aromatic carbocycles. The first-order valence-electron chi connectivity index (χ1n) is 7.52. The highest BCUT2D eigenvalue weighted by Crippen LogP contribution is 2.71. The van der Waals surface area contributed by atoms with E-state index in [0.29, 0.717) is 16.7 Å². The van der Waals surface area contributed by atoms with Crippen molar-refractivity contribution in [1.29, 1.82) is 5.26 Å². The summed E-state index contributed by atoms with van der Waals surface area (Å²) in [4.78, 5) is 0. The molecule has 2 heteroatoms. The minimum absolute atomic E-state index is 0.318. The average Bonchev–Trinajstić information content (AvgIpc) is 2.79. The van der Waals surface area contributed by atoms with Gasteiger partial charge < -0.3 is 4.74 Å². The van der Waals surface area contributed by atoms with Crippen LogP contribution >= 0.6 is 0 Å². The summed E-state index contributed by atoms with van der Waals surface area (Å²) in [6.45, 7) is 7.28. The fourth-order valence-corrected chi connectivity index (χ4v) is 4.75. The molecule has 20 heavy (non-hydrogen) atoms. The van der Waals surface area contributed by atoms with E-state index in [0.717, 1.165) is 17.2 Å². The molecule has 2 nitrogen and oxygen atoms in total. The summed E-state index contributed by atoms with van der Waals surface area (Å²) in [7, 11) is 1.73. The lowest BCUT2D eigenvalue weighted by Crippen LogP contribution is -2.31. The third-order valence-corrected chi connectivity index (χ3v) is 6.53. The molecule has 0 aromatic heterocycles. The highest BCUT2D eigenvalue weighted by Gasteiger charge is 2.61. The van der Waals surface area contributed by atoms with E-state index in [-0.39, 0.29) is 0 Å². The Balaban J connectivity index is 2.09. The Bertz CT molecular complexity index is 584. The van der Waals surface area contributed by atoms with E-state index in [9.17, 15) is 5.26 Å². The number of fused-ring (bicyclic) bond motifs is 2. The van der Waals surface area contributed by atoms with Crippen LogP contribution < -0.4 is 4.74 Å². The quantitative estimate of drug-likeness (QED) is 0.792. The molecule has 106 valence electrons. The predicted octanol–water partition coefficient (Wildman–Crippen LogP) is 4.50. The second-order valence-corrected chi connectivity index (χ2v) is 7.23. The molecule has 0 amide bonds. The number of hydrogen-bond donors (Lipinski definition) is 0. The Morgan fingerprint density at radius 1 is 1.30 bits per heavy atom. The average molecular weight is 269 g/mol. The Hall–Kier alpha value is -1.49. The molecule has 3 atom stereocenters. The molecule has 2 fully saturated rings. The Morgan fingerprint density at radius 3 is 2.55 bits per heavy atom. The fraction of sp³-hybridized carbons (Fsp3) is 0.611. The third kappa shape index (κ3) is 1.56. The van der Waals surface area contributed by atoms with Crippen LogP contribution in [0.15, 0.2) is 18.2 Å². The molecule has 1 aromatic rings. The van der Waals surface area contributed by atoms with Crippen molar-refractivity contribution in [3.05, 3.63) is 29.3 Å². The summed E-state index contributed by atoms with van der Waals surface area (Å²) in [5.74, 6) is 2.26. The number of benzene rings is 1. The number of rotatable bonds is 2. The SMILES string of the molecule is COc1ccc(C#N)cc1C1CC2CCC1(C)C2(C)C. The highest BCUT2D eigenvalue weighted by atomic mass is 16.5. The summed E-state index contributed by atoms with van der Waals surface area (Å²) in [5, 5.41) is 9.18. The first kappa shape index (κ1) is 13.5. The lowest BCUT2D eigenvalue weighted by Gasteiger charge is -2.40. The predicted molar refractivity (Wildman–Crippen MR) is 79.7 cm³/mol. The molecule has 3 unspecified atom stereocenters. The van der Waals surface area contributed by atoms with Gasteiger partial charge in [-0.25, -0.2) is 0 Å². The zero-order valence-electron chi connectivity index (χ0n) is 12.9. The molecule has 0 aliphatic heterocycles. The van der Waals surface area contributed by atoms with Crippen LogP contribution in [0, 0.1) is 28.1 Å². The third-order valence-electron chi connectivity index (χ3n) is 6.53. The molecule has 0 radical (unpaired) electrons. The summed E-state index contributed by atoms with van der Waals surface area (Å²) < 4.78 is 5.57. The van der Waals surface area contributed by atoms with Gasteiger partial charge in [0.25, 0.3) is 0 Å². The Labute approximate surface area is 121 Å². The molecule has 2 aliphatic rings. The monoisotopic (exact) mass is 269 g/mol. The van der Waals surface area contributed by atoms with Crippen LogP contribution in [0.3, 0.4) is 0 Å². The highest BCUT2D eigenvalue weighted by molar-refractivity contribution is 5.46.